The van der Waals surface area contributed by atoms with Gasteiger partial charge in [0.2, 0.25) is 11.4 Å². The summed E-state index contributed by atoms with van der Waals surface area (Å²) in [5.41, 5.74) is 4.74. The molecule has 2 aromatic carbocycles. The summed E-state index contributed by atoms with van der Waals surface area (Å²) in [7, 11) is 3.14. The molecule has 0 saturated carbocycles. The average Bonchev–Trinajstić information content (AvgIpc) is 3.29. The van der Waals surface area contributed by atoms with Gasteiger partial charge in [0.15, 0.2) is 11.4 Å². The number of aliphatic hydroxyl groups is 1. The van der Waals surface area contributed by atoms with Crippen LogP contribution in [0.15, 0.2) is 40.8 Å². The van der Waals surface area contributed by atoms with Gasteiger partial charge < -0.3 is 34.1 Å². The van der Waals surface area contributed by atoms with E-state index in [1.54, 1.807) is 19.2 Å². The number of benzene rings is 2. The van der Waals surface area contributed by atoms with Crippen LogP contribution in [-0.4, -0.2) is 71.1 Å². The second kappa shape index (κ2) is 10.6. The van der Waals surface area contributed by atoms with Crippen molar-refractivity contribution in [2.45, 2.75) is 32.2 Å². The van der Waals surface area contributed by atoms with Crippen molar-refractivity contribution >= 4 is 41.0 Å². The number of hydrogen-bond acceptors (Lipinski definition) is 9. The van der Waals surface area contributed by atoms with Gasteiger partial charge >= 0.3 is 6.03 Å². The molecule has 2 aromatic heterocycles. The average molecular weight is 557 g/mol. The number of piperidine rings is 1. The van der Waals surface area contributed by atoms with E-state index < -0.39 is 0 Å². The third-order valence-electron chi connectivity index (χ3n) is 7.86. The van der Waals surface area contributed by atoms with Gasteiger partial charge in [-0.3, -0.25) is 0 Å². The number of fused-ring (bicyclic) bond motifs is 2. The Morgan fingerprint density at radius 3 is 2.66 bits per heavy atom. The van der Waals surface area contributed by atoms with E-state index in [1.165, 1.54) is 7.11 Å². The van der Waals surface area contributed by atoms with Gasteiger partial charge in [-0.1, -0.05) is 0 Å². The lowest BCUT2D eigenvalue weighted by Crippen LogP contribution is -2.49. The number of amides is 2. The zero-order valence-electron chi connectivity index (χ0n) is 23.3. The summed E-state index contributed by atoms with van der Waals surface area (Å²) < 4.78 is 16.4. The van der Waals surface area contributed by atoms with E-state index in [1.807, 2.05) is 36.1 Å². The number of oxazole rings is 1. The van der Waals surface area contributed by atoms with Crippen LogP contribution in [0.3, 0.4) is 0 Å². The molecule has 0 bridgehead atoms. The molecule has 6 rings (SSSR count). The van der Waals surface area contributed by atoms with Crippen LogP contribution in [-0.2, 0) is 6.42 Å². The van der Waals surface area contributed by atoms with E-state index in [-0.39, 0.29) is 23.7 Å². The summed E-state index contributed by atoms with van der Waals surface area (Å²) in [6.07, 6.45) is 2.31. The molecule has 11 heteroatoms. The van der Waals surface area contributed by atoms with Crippen LogP contribution in [0.5, 0.6) is 11.6 Å². The van der Waals surface area contributed by atoms with Gasteiger partial charge in [0, 0.05) is 36.6 Å². The maximum atomic E-state index is 13.1. The highest BCUT2D eigenvalue weighted by Gasteiger charge is 2.31. The molecule has 1 fully saturated rings. The van der Waals surface area contributed by atoms with Gasteiger partial charge in [-0.05, 0) is 80.3 Å². The Balaban J connectivity index is 1.21. The van der Waals surface area contributed by atoms with Crippen molar-refractivity contribution in [1.29, 1.82) is 0 Å². The Morgan fingerprint density at radius 2 is 1.90 bits per heavy atom. The topological polar surface area (TPSA) is 126 Å². The second-order valence-corrected chi connectivity index (χ2v) is 10.3. The number of methoxy groups -OCH3 is 2. The lowest BCUT2D eigenvalue weighted by Gasteiger charge is -2.38. The van der Waals surface area contributed by atoms with Crippen molar-refractivity contribution in [3.05, 3.63) is 63.9 Å². The fourth-order valence-corrected chi connectivity index (χ4v) is 5.69. The molecule has 4 aromatic rings. The van der Waals surface area contributed by atoms with Crippen LogP contribution in [0.4, 0.5) is 16.3 Å². The molecule has 41 heavy (non-hydrogen) atoms. The largest absolute Gasteiger partial charge is 0.506 e. The van der Waals surface area contributed by atoms with Crippen molar-refractivity contribution in [2.75, 3.05) is 44.1 Å². The molecule has 0 aliphatic carbocycles. The van der Waals surface area contributed by atoms with Crippen LogP contribution < -0.4 is 30.5 Å². The highest BCUT2D eigenvalue weighted by Crippen LogP contribution is 2.30. The van der Waals surface area contributed by atoms with Crippen molar-refractivity contribution in [3.63, 3.8) is 0 Å². The number of ether oxygens (including phenoxy) is 2. The minimum Gasteiger partial charge on any atom is -0.506 e. The zero-order chi connectivity index (χ0) is 28.7. The van der Waals surface area contributed by atoms with Gasteiger partial charge in [0.05, 0.1) is 19.8 Å². The molecule has 2 amide bonds. The molecule has 0 radical (unpaired) electrons. The normalized spacial score (nSPS) is 16.7. The number of rotatable bonds is 5. The van der Waals surface area contributed by atoms with Crippen molar-refractivity contribution in [1.82, 2.24) is 20.1 Å². The molecule has 4 heterocycles. The number of carbonyl (C=O) groups is 1. The highest BCUT2D eigenvalue weighted by atomic mass is 16.5. The van der Waals surface area contributed by atoms with Gasteiger partial charge in [0.25, 0.3) is 0 Å². The molecule has 2 aliphatic rings. The number of aryl methyl sites for hydroxylation is 1. The monoisotopic (exact) mass is 556 g/mol. The summed E-state index contributed by atoms with van der Waals surface area (Å²) in [5.74, 6) is 1.62. The first-order chi connectivity index (χ1) is 19.8. The van der Waals surface area contributed by atoms with E-state index in [9.17, 15) is 9.90 Å². The van der Waals surface area contributed by atoms with Gasteiger partial charge in [-0.15, -0.1) is 10.2 Å². The maximum absolute atomic E-state index is 13.1. The first kappa shape index (κ1) is 26.4. The molecule has 212 valence electrons. The van der Waals surface area contributed by atoms with Crippen molar-refractivity contribution in [3.8, 4) is 11.6 Å². The molecule has 2 aliphatic heterocycles. The summed E-state index contributed by atoms with van der Waals surface area (Å²) in [5, 5.41) is 23.6. The van der Waals surface area contributed by atoms with Crippen LogP contribution >= 0.6 is 0 Å². The number of nitrogens with zero attached hydrogens (tertiary/aromatic N) is 5. The Labute approximate surface area is 236 Å². The Bertz CT molecular complexity index is 1740. The molecular formula is C30H32N6O5. The van der Waals surface area contributed by atoms with E-state index >= 15 is 0 Å². The van der Waals surface area contributed by atoms with Crippen molar-refractivity contribution < 1.29 is 23.8 Å². The number of hydrogen-bond donors (Lipinski definition) is 2. The second-order valence-electron chi connectivity index (χ2n) is 10.3. The van der Waals surface area contributed by atoms with Crippen LogP contribution in [0.25, 0.3) is 23.4 Å². The molecule has 1 saturated heterocycles. The fourth-order valence-electron chi connectivity index (χ4n) is 5.69. The third-order valence-corrected chi connectivity index (χ3v) is 7.86. The van der Waals surface area contributed by atoms with E-state index in [0.717, 1.165) is 41.8 Å². The highest BCUT2D eigenvalue weighted by molar-refractivity contribution is 5.91. The minimum absolute atomic E-state index is 0.00247. The summed E-state index contributed by atoms with van der Waals surface area (Å²) >= 11 is 0. The molecule has 0 atom stereocenters. The first-order valence-corrected chi connectivity index (χ1v) is 13.6. The molecular weight excluding hydrogens is 524 g/mol. The number of urea groups is 1. The standard InChI is InChI=1S/C30H32N6O5/c1-17-13-20(15-25-27(17)31-18(2)41-25)28(37)23-16-26(33-34-29(23)40-4)35-10-8-21(9-11-35)36-12-7-19-14-22(39-3)5-6-24(19)32-30(36)38/h5-6,13-16,21,37H,2,7-12H2,1,3-4H3,(H,32,38). The van der Waals surface area contributed by atoms with E-state index in [2.05, 4.69) is 32.0 Å². The van der Waals surface area contributed by atoms with Gasteiger partial charge in [-0.25, -0.2) is 9.78 Å². The molecule has 11 nitrogen and oxygen atoms in total. The summed E-state index contributed by atoms with van der Waals surface area (Å²) in [6, 6.07) is 11.1. The summed E-state index contributed by atoms with van der Waals surface area (Å²) in [6.45, 7) is 7.67. The van der Waals surface area contributed by atoms with E-state index in [0.29, 0.717) is 52.9 Å². The predicted molar refractivity (Wildman–Crippen MR) is 155 cm³/mol. The Morgan fingerprint density at radius 1 is 1.10 bits per heavy atom. The number of aliphatic hydroxyl groups excluding tert-OH is 1. The molecule has 2 N–H and O–H groups in total. The molecule has 0 unspecified atom stereocenters. The fraction of sp³-hybridized carbons (Fsp3) is 0.333. The Kier molecular flexibility index (Phi) is 6.86. The first-order valence-electron chi connectivity index (χ1n) is 13.6. The van der Waals surface area contributed by atoms with Crippen LogP contribution in [0.1, 0.15) is 29.5 Å². The van der Waals surface area contributed by atoms with Crippen LogP contribution in [0, 0.1) is 6.92 Å². The number of anilines is 2. The third kappa shape index (κ3) is 4.99. The van der Waals surface area contributed by atoms with Gasteiger partial charge in [-0.2, -0.15) is 0 Å². The summed E-state index contributed by atoms with van der Waals surface area (Å²) in [4.78, 5) is 21.5. The van der Waals surface area contributed by atoms with Crippen molar-refractivity contribution in [2.24, 2.45) is 0 Å². The number of carbonyl (C=O) groups excluding carboxylic acids is 1. The van der Waals surface area contributed by atoms with Crippen LogP contribution in [0.2, 0.25) is 0 Å². The minimum atomic E-state index is -0.0802. The molecule has 0 spiro atoms. The lowest BCUT2D eigenvalue weighted by molar-refractivity contribution is 0.177. The number of nitrogens with one attached hydrogen (secondary N) is 1. The van der Waals surface area contributed by atoms with Gasteiger partial charge in [0.1, 0.15) is 17.0 Å². The SMILES string of the molecule is C=c1nc2c(C)cc(=C(O)c3cc(N4CCC(N5CCc6cc(OC)ccc6NC5=O)CC4)nnc3OC)cc2o1. The predicted octanol–water partition coefficient (Wildman–Crippen LogP) is 3.13. The zero-order valence-corrected chi connectivity index (χ0v) is 23.3. The maximum Gasteiger partial charge on any atom is 0.322 e. The number of aromatic nitrogens is 3. The smallest absolute Gasteiger partial charge is 0.322 e. The lowest BCUT2D eigenvalue weighted by atomic mass is 10.0. The van der Waals surface area contributed by atoms with E-state index in [4.69, 9.17) is 13.9 Å². The Hall–Kier alpha value is -4.80. The quantitative estimate of drug-likeness (QED) is 0.381.